The summed E-state index contributed by atoms with van der Waals surface area (Å²) in [4.78, 5) is 36.6. The summed E-state index contributed by atoms with van der Waals surface area (Å²) in [5, 5.41) is 0. The van der Waals surface area contributed by atoms with E-state index in [4.69, 9.17) is 14.2 Å². The van der Waals surface area contributed by atoms with Gasteiger partial charge < -0.3 is 14.2 Å². The fourth-order valence-electron chi connectivity index (χ4n) is 3.44. The van der Waals surface area contributed by atoms with Crippen molar-refractivity contribution >= 4 is 17.9 Å². The van der Waals surface area contributed by atoms with Gasteiger partial charge in [-0.2, -0.15) is 0 Å². The van der Waals surface area contributed by atoms with Crippen LogP contribution in [-0.2, 0) is 28.6 Å². The molecule has 0 saturated carbocycles. The van der Waals surface area contributed by atoms with Gasteiger partial charge in [0.1, 0.15) is 18.3 Å². The largest absolute Gasteiger partial charge is 0.458 e. The monoisotopic (exact) mass is 358 g/mol. The fraction of sp³-hybridized carbons (Fsp3) is 0.450. The molecular weight excluding hydrogens is 336 g/mol. The molecule has 0 aromatic carbocycles. The Hall–Kier alpha value is -2.63. The van der Waals surface area contributed by atoms with Crippen LogP contribution in [0.5, 0.6) is 0 Å². The molecule has 1 fully saturated rings. The molecule has 1 saturated heterocycles. The van der Waals surface area contributed by atoms with Crippen molar-refractivity contribution < 1.29 is 28.6 Å². The van der Waals surface area contributed by atoms with E-state index in [1.54, 1.807) is 26.0 Å². The quantitative estimate of drug-likeness (QED) is 0.327. The minimum atomic E-state index is -0.749. The average Bonchev–Trinajstić information content (AvgIpc) is 3.04. The van der Waals surface area contributed by atoms with E-state index in [0.29, 0.717) is 17.6 Å². The Bertz CT molecular complexity index is 769. The molecule has 3 aliphatic rings. The lowest BCUT2D eigenvalue weighted by Crippen LogP contribution is -2.34. The highest BCUT2D eigenvalue weighted by atomic mass is 16.6. The zero-order valence-corrected chi connectivity index (χ0v) is 15.1. The molecule has 4 atom stereocenters. The number of hydrogen-bond acceptors (Lipinski definition) is 6. The van der Waals surface area contributed by atoms with Gasteiger partial charge in [0.05, 0.1) is 5.92 Å². The summed E-state index contributed by atoms with van der Waals surface area (Å²) >= 11 is 0. The van der Waals surface area contributed by atoms with Crippen molar-refractivity contribution in [1.29, 1.82) is 0 Å². The minimum Gasteiger partial charge on any atom is -0.458 e. The molecule has 138 valence electrons. The van der Waals surface area contributed by atoms with Gasteiger partial charge in [0.2, 0.25) is 0 Å². The van der Waals surface area contributed by atoms with Gasteiger partial charge in [-0.05, 0) is 32.9 Å². The molecular formula is C20H22O6. The number of fused-ring (bicyclic) bond motifs is 2. The molecule has 6 heteroatoms. The van der Waals surface area contributed by atoms with Gasteiger partial charge in [0, 0.05) is 29.6 Å². The van der Waals surface area contributed by atoms with E-state index in [1.165, 1.54) is 0 Å². The normalized spacial score (nSPS) is 33.5. The molecule has 0 aromatic heterocycles. The van der Waals surface area contributed by atoms with Crippen molar-refractivity contribution in [2.24, 2.45) is 5.92 Å². The maximum atomic E-state index is 12.3. The van der Waals surface area contributed by atoms with Gasteiger partial charge in [0.25, 0.3) is 0 Å². The van der Waals surface area contributed by atoms with Crippen LogP contribution in [0.2, 0.25) is 0 Å². The van der Waals surface area contributed by atoms with Crippen molar-refractivity contribution in [2.75, 3.05) is 0 Å². The van der Waals surface area contributed by atoms with Gasteiger partial charge >= 0.3 is 17.9 Å². The Balaban J connectivity index is 2.00. The van der Waals surface area contributed by atoms with E-state index < -0.39 is 36.0 Å². The van der Waals surface area contributed by atoms with Crippen molar-refractivity contribution in [2.45, 2.75) is 51.9 Å². The van der Waals surface area contributed by atoms with Gasteiger partial charge in [0.15, 0.2) is 0 Å². The van der Waals surface area contributed by atoms with Crippen LogP contribution in [0, 0.1) is 5.92 Å². The van der Waals surface area contributed by atoms with E-state index in [2.05, 4.69) is 6.58 Å². The summed E-state index contributed by atoms with van der Waals surface area (Å²) in [7, 11) is 0. The number of allylic oxidation sites excluding steroid dienone is 1. The van der Waals surface area contributed by atoms with Gasteiger partial charge in [-0.15, -0.1) is 0 Å². The second-order valence-corrected chi connectivity index (χ2v) is 6.89. The van der Waals surface area contributed by atoms with Crippen LogP contribution < -0.4 is 0 Å². The molecule has 2 aliphatic heterocycles. The molecule has 0 aromatic rings. The van der Waals surface area contributed by atoms with Crippen LogP contribution in [0.25, 0.3) is 0 Å². The van der Waals surface area contributed by atoms with Crippen molar-refractivity contribution in [3.05, 3.63) is 47.1 Å². The highest BCUT2D eigenvalue weighted by Gasteiger charge is 2.46. The van der Waals surface area contributed by atoms with E-state index in [0.717, 1.165) is 5.57 Å². The molecule has 2 heterocycles. The van der Waals surface area contributed by atoms with Gasteiger partial charge in [-0.3, -0.25) is 0 Å². The van der Waals surface area contributed by atoms with E-state index in [-0.39, 0.29) is 18.1 Å². The fourth-order valence-corrected chi connectivity index (χ4v) is 3.44. The third-order valence-corrected chi connectivity index (χ3v) is 4.98. The third-order valence-electron chi connectivity index (χ3n) is 4.98. The molecule has 0 unspecified atom stereocenters. The number of ether oxygens (including phenoxy) is 3. The second-order valence-electron chi connectivity index (χ2n) is 6.89. The zero-order chi connectivity index (χ0) is 19.0. The Morgan fingerprint density at radius 3 is 2.65 bits per heavy atom. The Kier molecular flexibility index (Phi) is 4.85. The van der Waals surface area contributed by atoms with Crippen LogP contribution in [0.1, 0.15) is 33.6 Å². The topological polar surface area (TPSA) is 78.9 Å². The average molecular weight is 358 g/mol. The van der Waals surface area contributed by atoms with E-state index in [9.17, 15) is 14.4 Å². The van der Waals surface area contributed by atoms with Crippen LogP contribution in [0.3, 0.4) is 0 Å². The van der Waals surface area contributed by atoms with Crippen LogP contribution in [0.4, 0.5) is 0 Å². The summed E-state index contributed by atoms with van der Waals surface area (Å²) in [6.45, 7) is 9.10. The van der Waals surface area contributed by atoms with Crippen LogP contribution in [0.15, 0.2) is 47.1 Å². The predicted molar refractivity (Wildman–Crippen MR) is 92.8 cm³/mol. The molecule has 1 aliphatic carbocycles. The Morgan fingerprint density at radius 2 is 1.96 bits per heavy atom. The SMILES string of the molecule is C=C1C(=O)O[C@@H]2/C=C(\C)C[C@H]3C=C(C[C@H](OC(=O)/C(C)=C\C)[C@@H]12)C(=O)O3. The van der Waals surface area contributed by atoms with E-state index in [1.807, 2.05) is 13.0 Å². The maximum absolute atomic E-state index is 12.3. The highest BCUT2D eigenvalue weighted by molar-refractivity contribution is 5.93. The van der Waals surface area contributed by atoms with Crippen LogP contribution in [-0.4, -0.2) is 36.2 Å². The van der Waals surface area contributed by atoms with Gasteiger partial charge in [-0.25, -0.2) is 14.4 Å². The van der Waals surface area contributed by atoms with Crippen molar-refractivity contribution in [3.63, 3.8) is 0 Å². The first kappa shape index (κ1) is 18.2. The molecule has 3 rings (SSSR count). The summed E-state index contributed by atoms with van der Waals surface area (Å²) in [5.41, 5.74) is 2.07. The first-order chi connectivity index (χ1) is 12.3. The smallest absolute Gasteiger partial charge is 0.334 e. The molecule has 2 bridgehead atoms. The van der Waals surface area contributed by atoms with Crippen molar-refractivity contribution in [1.82, 2.24) is 0 Å². The van der Waals surface area contributed by atoms with E-state index >= 15 is 0 Å². The lowest BCUT2D eigenvalue weighted by Gasteiger charge is -2.26. The molecule has 6 nitrogen and oxygen atoms in total. The van der Waals surface area contributed by atoms with Crippen LogP contribution >= 0.6 is 0 Å². The summed E-state index contributed by atoms with van der Waals surface area (Å²) in [6.07, 6.45) is 4.26. The van der Waals surface area contributed by atoms with Crippen molar-refractivity contribution in [3.8, 4) is 0 Å². The molecule has 0 radical (unpaired) electrons. The Morgan fingerprint density at radius 1 is 1.23 bits per heavy atom. The number of carbonyl (C=O) groups is 3. The standard InChI is InChI=1S/C20H22O6/c1-5-11(3)18(21)25-16-9-13-8-14(24-20(13)23)6-10(2)7-15-17(16)12(4)19(22)26-15/h5,7-8,14-17H,4,6,9H2,1-3H3/b10-7+,11-5-/t14-,15+,16-,17-/m0/s1. The number of esters is 3. The maximum Gasteiger partial charge on any atom is 0.334 e. The summed E-state index contributed by atoms with van der Waals surface area (Å²) < 4.78 is 16.5. The first-order valence-corrected chi connectivity index (χ1v) is 8.62. The predicted octanol–water partition coefficient (Wildman–Crippen LogP) is 2.55. The zero-order valence-electron chi connectivity index (χ0n) is 15.1. The van der Waals surface area contributed by atoms with Gasteiger partial charge in [-0.1, -0.05) is 18.2 Å². The number of carbonyl (C=O) groups excluding carboxylic acids is 3. The molecule has 0 N–H and O–H groups in total. The number of rotatable bonds is 2. The second kappa shape index (κ2) is 6.94. The first-order valence-electron chi connectivity index (χ1n) is 8.62. The Labute approximate surface area is 152 Å². The molecule has 0 amide bonds. The molecule has 0 spiro atoms. The third kappa shape index (κ3) is 3.36. The summed E-state index contributed by atoms with van der Waals surface area (Å²) in [6, 6.07) is 0. The lowest BCUT2D eigenvalue weighted by atomic mass is 9.85. The minimum absolute atomic E-state index is 0.155. The lowest BCUT2D eigenvalue weighted by molar-refractivity contribution is -0.148. The molecule has 26 heavy (non-hydrogen) atoms. The highest BCUT2D eigenvalue weighted by Crippen LogP contribution is 2.38. The number of hydrogen-bond donors (Lipinski definition) is 0. The summed E-state index contributed by atoms with van der Waals surface area (Å²) in [5.74, 6) is -1.96.